The van der Waals surface area contributed by atoms with Gasteiger partial charge in [0, 0.05) is 0 Å². The van der Waals surface area contributed by atoms with Gasteiger partial charge in [-0.15, -0.1) is 0 Å². The summed E-state index contributed by atoms with van der Waals surface area (Å²) in [5, 5.41) is 8.91. The Morgan fingerprint density at radius 3 is 2.85 bits per heavy atom. The highest BCUT2D eigenvalue weighted by atomic mass is 79.9. The Balaban J connectivity index is 2.78. The van der Waals surface area contributed by atoms with Crippen molar-refractivity contribution in [1.82, 2.24) is 0 Å². The number of hydrogen-bond acceptors (Lipinski definition) is 2. The summed E-state index contributed by atoms with van der Waals surface area (Å²) >= 11 is 3.38. The third-order valence-corrected chi connectivity index (χ3v) is 2.30. The van der Waals surface area contributed by atoms with Gasteiger partial charge in [0.1, 0.15) is 5.75 Å². The standard InChI is InChI=1S/C10H13BrO2/c1-2-5-13-10-6-8(7-12)3-4-9(10)11/h3-4,6,12H,2,5,7H2,1H3. The van der Waals surface area contributed by atoms with E-state index in [4.69, 9.17) is 9.84 Å². The summed E-state index contributed by atoms with van der Waals surface area (Å²) in [4.78, 5) is 0. The lowest BCUT2D eigenvalue weighted by Gasteiger charge is -2.07. The Morgan fingerprint density at radius 2 is 2.23 bits per heavy atom. The maximum absolute atomic E-state index is 8.91. The zero-order valence-corrected chi connectivity index (χ0v) is 9.17. The fourth-order valence-corrected chi connectivity index (χ4v) is 1.33. The van der Waals surface area contributed by atoms with Gasteiger partial charge in [0.2, 0.25) is 0 Å². The third kappa shape index (κ3) is 3.01. The number of halogens is 1. The second-order valence-corrected chi connectivity index (χ2v) is 3.63. The molecule has 0 aromatic heterocycles. The van der Waals surface area contributed by atoms with Crippen molar-refractivity contribution in [2.45, 2.75) is 20.0 Å². The van der Waals surface area contributed by atoms with E-state index in [0.717, 1.165) is 22.2 Å². The molecule has 2 nitrogen and oxygen atoms in total. The van der Waals surface area contributed by atoms with Gasteiger partial charge in [-0.25, -0.2) is 0 Å². The average Bonchev–Trinajstić information content (AvgIpc) is 2.17. The SMILES string of the molecule is CCCOc1cc(CO)ccc1Br. The largest absolute Gasteiger partial charge is 0.492 e. The van der Waals surface area contributed by atoms with Crippen LogP contribution in [0.2, 0.25) is 0 Å². The van der Waals surface area contributed by atoms with E-state index < -0.39 is 0 Å². The lowest BCUT2D eigenvalue weighted by molar-refractivity contribution is 0.279. The predicted molar refractivity (Wildman–Crippen MR) is 55.9 cm³/mol. The molecule has 0 unspecified atom stereocenters. The molecule has 1 N–H and O–H groups in total. The molecule has 3 heteroatoms. The van der Waals surface area contributed by atoms with Crippen LogP contribution in [0.1, 0.15) is 18.9 Å². The molecule has 13 heavy (non-hydrogen) atoms. The van der Waals surface area contributed by atoms with Crippen LogP contribution in [-0.4, -0.2) is 11.7 Å². The molecule has 1 aromatic rings. The summed E-state index contributed by atoms with van der Waals surface area (Å²) in [5.41, 5.74) is 0.870. The molecule has 0 fully saturated rings. The Labute approximate surface area is 86.7 Å². The Bertz CT molecular complexity index is 274. The molecular weight excluding hydrogens is 232 g/mol. The van der Waals surface area contributed by atoms with Gasteiger partial charge in [0.15, 0.2) is 0 Å². The van der Waals surface area contributed by atoms with Crippen molar-refractivity contribution in [3.05, 3.63) is 28.2 Å². The Kier molecular flexibility index (Phi) is 4.25. The highest BCUT2D eigenvalue weighted by Gasteiger charge is 2.01. The van der Waals surface area contributed by atoms with Crippen molar-refractivity contribution >= 4 is 15.9 Å². The fraction of sp³-hybridized carbons (Fsp3) is 0.400. The van der Waals surface area contributed by atoms with E-state index in [2.05, 4.69) is 22.9 Å². The molecule has 72 valence electrons. The molecule has 1 aromatic carbocycles. The van der Waals surface area contributed by atoms with Crippen LogP contribution < -0.4 is 4.74 Å². The molecule has 0 aliphatic carbocycles. The summed E-state index contributed by atoms with van der Waals surface area (Å²) in [6, 6.07) is 5.60. The van der Waals surface area contributed by atoms with Gasteiger partial charge in [-0.2, -0.15) is 0 Å². The predicted octanol–water partition coefficient (Wildman–Crippen LogP) is 2.73. The van der Waals surface area contributed by atoms with E-state index in [-0.39, 0.29) is 6.61 Å². The molecule has 0 saturated heterocycles. The Hall–Kier alpha value is -0.540. The second kappa shape index (κ2) is 5.25. The summed E-state index contributed by atoms with van der Waals surface area (Å²) < 4.78 is 6.40. The summed E-state index contributed by atoms with van der Waals surface area (Å²) in [6.45, 7) is 2.81. The van der Waals surface area contributed by atoms with Crippen molar-refractivity contribution < 1.29 is 9.84 Å². The van der Waals surface area contributed by atoms with E-state index in [1.807, 2.05) is 18.2 Å². The normalized spacial score (nSPS) is 10.1. The molecule has 0 aliphatic rings. The minimum atomic E-state index is 0.0514. The molecule has 0 bridgehead atoms. The first-order valence-corrected chi connectivity index (χ1v) is 5.09. The molecule has 0 amide bonds. The van der Waals surface area contributed by atoms with E-state index in [0.29, 0.717) is 6.61 Å². The smallest absolute Gasteiger partial charge is 0.133 e. The molecule has 0 aliphatic heterocycles. The summed E-state index contributed by atoms with van der Waals surface area (Å²) in [7, 11) is 0. The maximum atomic E-state index is 8.91. The third-order valence-electron chi connectivity index (χ3n) is 1.64. The molecular formula is C10H13BrO2. The molecule has 1 rings (SSSR count). The van der Waals surface area contributed by atoms with E-state index >= 15 is 0 Å². The highest BCUT2D eigenvalue weighted by Crippen LogP contribution is 2.26. The Morgan fingerprint density at radius 1 is 1.46 bits per heavy atom. The van der Waals surface area contributed by atoms with Crippen LogP contribution in [0.5, 0.6) is 5.75 Å². The lowest BCUT2D eigenvalue weighted by atomic mass is 10.2. The topological polar surface area (TPSA) is 29.5 Å². The van der Waals surface area contributed by atoms with Crippen molar-refractivity contribution in [3.63, 3.8) is 0 Å². The molecule has 0 atom stereocenters. The van der Waals surface area contributed by atoms with Crippen molar-refractivity contribution in [1.29, 1.82) is 0 Å². The number of aliphatic hydroxyl groups is 1. The zero-order valence-electron chi connectivity index (χ0n) is 7.59. The lowest BCUT2D eigenvalue weighted by Crippen LogP contribution is -1.96. The average molecular weight is 245 g/mol. The van der Waals surface area contributed by atoms with Gasteiger partial charge in [-0.1, -0.05) is 13.0 Å². The van der Waals surface area contributed by atoms with Gasteiger partial charge in [-0.05, 0) is 40.0 Å². The van der Waals surface area contributed by atoms with Crippen LogP contribution in [0.15, 0.2) is 22.7 Å². The van der Waals surface area contributed by atoms with Gasteiger partial charge < -0.3 is 9.84 Å². The first kappa shape index (κ1) is 10.5. The number of rotatable bonds is 4. The van der Waals surface area contributed by atoms with E-state index in [1.165, 1.54) is 0 Å². The molecule has 0 spiro atoms. The van der Waals surface area contributed by atoms with Crippen molar-refractivity contribution in [2.24, 2.45) is 0 Å². The number of ether oxygens (including phenoxy) is 1. The first-order valence-electron chi connectivity index (χ1n) is 4.30. The molecule has 0 heterocycles. The van der Waals surface area contributed by atoms with Crippen LogP contribution >= 0.6 is 15.9 Å². The minimum absolute atomic E-state index is 0.0514. The van der Waals surface area contributed by atoms with Crippen LogP contribution in [0, 0.1) is 0 Å². The van der Waals surface area contributed by atoms with Gasteiger partial charge in [0.05, 0.1) is 17.7 Å². The van der Waals surface area contributed by atoms with Crippen molar-refractivity contribution in [2.75, 3.05) is 6.61 Å². The van der Waals surface area contributed by atoms with E-state index in [1.54, 1.807) is 0 Å². The van der Waals surface area contributed by atoms with Crippen molar-refractivity contribution in [3.8, 4) is 5.75 Å². The quantitative estimate of drug-likeness (QED) is 0.883. The first-order chi connectivity index (χ1) is 6.27. The van der Waals surface area contributed by atoms with Crippen LogP contribution in [0.4, 0.5) is 0 Å². The van der Waals surface area contributed by atoms with Gasteiger partial charge in [-0.3, -0.25) is 0 Å². The number of hydrogen-bond donors (Lipinski definition) is 1. The summed E-state index contributed by atoms with van der Waals surface area (Å²) in [5.74, 6) is 0.799. The fourth-order valence-electron chi connectivity index (χ4n) is 0.969. The van der Waals surface area contributed by atoms with Crippen LogP contribution in [0.3, 0.4) is 0 Å². The monoisotopic (exact) mass is 244 g/mol. The van der Waals surface area contributed by atoms with Gasteiger partial charge >= 0.3 is 0 Å². The van der Waals surface area contributed by atoms with Gasteiger partial charge in [0.25, 0.3) is 0 Å². The molecule has 0 saturated carbocycles. The highest BCUT2D eigenvalue weighted by molar-refractivity contribution is 9.10. The number of benzene rings is 1. The van der Waals surface area contributed by atoms with Crippen LogP contribution in [-0.2, 0) is 6.61 Å². The van der Waals surface area contributed by atoms with Crippen LogP contribution in [0.25, 0.3) is 0 Å². The number of aliphatic hydroxyl groups excluding tert-OH is 1. The van der Waals surface area contributed by atoms with E-state index in [9.17, 15) is 0 Å². The maximum Gasteiger partial charge on any atom is 0.133 e. The minimum Gasteiger partial charge on any atom is -0.492 e. The zero-order chi connectivity index (χ0) is 9.68. The summed E-state index contributed by atoms with van der Waals surface area (Å²) in [6.07, 6.45) is 0.982. The second-order valence-electron chi connectivity index (χ2n) is 2.77. The molecule has 0 radical (unpaired) electrons.